The van der Waals surface area contributed by atoms with Gasteiger partial charge in [0.05, 0.1) is 24.4 Å². The van der Waals surface area contributed by atoms with Gasteiger partial charge in [-0.05, 0) is 18.2 Å². The van der Waals surface area contributed by atoms with Gasteiger partial charge in [0.1, 0.15) is 0 Å². The molecule has 0 aliphatic rings. The number of methoxy groups -OCH3 is 1. The number of nitrogens with two attached hydrogens (primary N) is 2. The lowest BCUT2D eigenvalue weighted by molar-refractivity contribution is -0.137. The molecule has 0 atom stereocenters. The van der Waals surface area contributed by atoms with Crippen molar-refractivity contribution in [2.75, 3.05) is 7.11 Å². The monoisotopic (exact) mass is 348 g/mol. The molecule has 1 aromatic carbocycles. The standard InChI is InChI=1S/C13H11F3N4O2.ClH/c1-22-9-6-10(21)20(19-11(9)12(17)18)8-4-2-3-7(5-8)13(14,15)16;/h2-6H,1H3,(H3,17,18);1H. The average molecular weight is 349 g/mol. The van der Waals surface area contributed by atoms with E-state index in [1.165, 1.54) is 19.2 Å². The minimum atomic E-state index is -4.53. The first-order chi connectivity index (χ1) is 10.2. The number of aromatic nitrogens is 2. The summed E-state index contributed by atoms with van der Waals surface area (Å²) >= 11 is 0. The molecule has 0 aliphatic heterocycles. The van der Waals surface area contributed by atoms with E-state index < -0.39 is 17.3 Å². The van der Waals surface area contributed by atoms with Gasteiger partial charge < -0.3 is 17.1 Å². The van der Waals surface area contributed by atoms with Crippen LogP contribution in [0.2, 0.25) is 0 Å². The van der Waals surface area contributed by atoms with Crippen LogP contribution >= 0.6 is 0 Å². The largest absolute Gasteiger partial charge is 1.00 e. The van der Waals surface area contributed by atoms with E-state index in [1.807, 2.05) is 0 Å². The van der Waals surface area contributed by atoms with Crippen molar-refractivity contribution < 1.29 is 35.7 Å². The number of amidine groups is 1. The Morgan fingerprint density at radius 3 is 2.52 bits per heavy atom. The number of hydrogen-bond donors (Lipinski definition) is 2. The van der Waals surface area contributed by atoms with Crippen molar-refractivity contribution in [3.8, 4) is 11.4 Å². The Labute approximate surface area is 134 Å². The van der Waals surface area contributed by atoms with Gasteiger partial charge in [0.15, 0.2) is 5.75 Å². The Kier molecular flexibility index (Phi) is 5.38. The van der Waals surface area contributed by atoms with Crippen LogP contribution < -0.4 is 33.8 Å². The lowest BCUT2D eigenvalue weighted by Crippen LogP contribution is -3.00. The molecule has 0 fully saturated rings. The number of ether oxygens (including phenoxy) is 1. The van der Waals surface area contributed by atoms with E-state index in [0.717, 1.165) is 22.9 Å². The predicted octanol–water partition coefficient (Wildman–Crippen LogP) is -3.27. The summed E-state index contributed by atoms with van der Waals surface area (Å²) < 4.78 is 43.9. The molecule has 6 nitrogen and oxygen atoms in total. The van der Waals surface area contributed by atoms with Crippen LogP contribution in [0.3, 0.4) is 0 Å². The Bertz CT molecular complexity index is 790. The number of halogens is 4. The highest BCUT2D eigenvalue weighted by Gasteiger charge is 2.30. The van der Waals surface area contributed by atoms with Crippen molar-refractivity contribution in [2.45, 2.75) is 6.18 Å². The molecule has 0 spiro atoms. The normalized spacial score (nSPS) is 10.8. The number of hydrogen-bond acceptors (Lipinski definition) is 3. The topological polar surface area (TPSA) is 95.7 Å². The quantitative estimate of drug-likeness (QED) is 0.449. The second-order valence-corrected chi connectivity index (χ2v) is 4.31. The van der Waals surface area contributed by atoms with Gasteiger partial charge in [-0.25, -0.2) is 0 Å². The molecule has 0 bridgehead atoms. The van der Waals surface area contributed by atoms with E-state index in [1.54, 1.807) is 0 Å². The molecular formula is C13H12ClF3N4O2. The van der Waals surface area contributed by atoms with E-state index in [9.17, 15) is 18.0 Å². The number of nitrogens with zero attached hydrogens (tertiary/aromatic N) is 2. The van der Waals surface area contributed by atoms with E-state index in [-0.39, 0.29) is 35.4 Å². The molecule has 0 radical (unpaired) electrons. The Morgan fingerprint density at radius 1 is 1.35 bits per heavy atom. The van der Waals surface area contributed by atoms with Crippen LogP contribution in [0.25, 0.3) is 5.69 Å². The molecular weight excluding hydrogens is 337 g/mol. The molecule has 0 saturated heterocycles. The third kappa shape index (κ3) is 3.81. The van der Waals surface area contributed by atoms with Crippen LogP contribution in [-0.4, -0.2) is 22.7 Å². The first-order valence-electron chi connectivity index (χ1n) is 5.98. The minimum absolute atomic E-state index is 0. The van der Waals surface area contributed by atoms with E-state index in [4.69, 9.17) is 15.9 Å². The Hall–Kier alpha value is -2.55. The van der Waals surface area contributed by atoms with Crippen molar-refractivity contribution in [2.24, 2.45) is 5.73 Å². The molecule has 1 heterocycles. The summed E-state index contributed by atoms with van der Waals surface area (Å²) in [7, 11) is 1.29. The molecule has 23 heavy (non-hydrogen) atoms. The lowest BCUT2D eigenvalue weighted by atomic mass is 10.2. The minimum Gasteiger partial charge on any atom is -1.00 e. The summed E-state index contributed by atoms with van der Waals surface area (Å²) in [6.07, 6.45) is -4.53. The fourth-order valence-corrected chi connectivity index (χ4v) is 1.79. The molecule has 0 saturated carbocycles. The number of rotatable bonds is 3. The molecule has 4 N–H and O–H groups in total. The van der Waals surface area contributed by atoms with Crippen LogP contribution in [0.5, 0.6) is 5.75 Å². The fourth-order valence-electron chi connectivity index (χ4n) is 1.79. The fraction of sp³-hybridized carbons (Fsp3) is 0.154. The Morgan fingerprint density at radius 2 is 2.00 bits per heavy atom. The van der Waals surface area contributed by atoms with Crippen molar-refractivity contribution in [1.29, 1.82) is 0 Å². The van der Waals surface area contributed by atoms with Crippen molar-refractivity contribution in [3.63, 3.8) is 0 Å². The van der Waals surface area contributed by atoms with Crippen molar-refractivity contribution in [1.82, 2.24) is 9.78 Å². The van der Waals surface area contributed by atoms with Gasteiger partial charge in [0.25, 0.3) is 11.4 Å². The second kappa shape index (κ2) is 6.69. The first kappa shape index (κ1) is 18.5. The van der Waals surface area contributed by atoms with Gasteiger partial charge >= 0.3 is 6.18 Å². The van der Waals surface area contributed by atoms with Gasteiger partial charge in [0, 0.05) is 0 Å². The summed E-state index contributed by atoms with van der Waals surface area (Å²) in [6.45, 7) is 0. The van der Waals surface area contributed by atoms with Crippen LogP contribution in [0.1, 0.15) is 11.3 Å². The third-order valence-electron chi connectivity index (χ3n) is 2.81. The summed E-state index contributed by atoms with van der Waals surface area (Å²) in [5, 5.41) is 9.30. The number of alkyl halides is 3. The molecule has 124 valence electrons. The zero-order valence-corrected chi connectivity index (χ0v) is 12.5. The maximum Gasteiger partial charge on any atom is 0.416 e. The van der Waals surface area contributed by atoms with Gasteiger partial charge in [-0.2, -0.15) is 23.0 Å². The smallest absolute Gasteiger partial charge is 0.416 e. The molecule has 0 aliphatic carbocycles. The van der Waals surface area contributed by atoms with Crippen molar-refractivity contribution in [3.05, 3.63) is 51.9 Å². The van der Waals surface area contributed by atoms with Gasteiger partial charge in [-0.3, -0.25) is 15.9 Å². The second-order valence-electron chi connectivity index (χ2n) is 4.31. The van der Waals surface area contributed by atoms with Crippen LogP contribution in [0.15, 0.2) is 35.1 Å². The summed E-state index contributed by atoms with van der Waals surface area (Å²) in [4.78, 5) is 12.0. The van der Waals surface area contributed by atoms with E-state index in [2.05, 4.69) is 5.10 Å². The van der Waals surface area contributed by atoms with Crippen molar-refractivity contribution >= 4 is 5.84 Å². The molecule has 2 aromatic rings. The highest BCUT2D eigenvalue weighted by molar-refractivity contribution is 5.93. The van der Waals surface area contributed by atoms with Gasteiger partial charge in [0.2, 0.25) is 5.69 Å². The predicted molar refractivity (Wildman–Crippen MR) is 71.6 cm³/mol. The van der Waals surface area contributed by atoms with E-state index >= 15 is 0 Å². The van der Waals surface area contributed by atoms with Crippen LogP contribution in [-0.2, 0) is 6.18 Å². The zero-order chi connectivity index (χ0) is 16.5. The molecule has 0 amide bonds. The maximum absolute atomic E-state index is 12.7. The highest BCUT2D eigenvalue weighted by Crippen LogP contribution is 2.30. The number of benzene rings is 1. The average Bonchev–Trinajstić information content (AvgIpc) is 2.45. The summed E-state index contributed by atoms with van der Waals surface area (Å²) in [6, 6.07) is 5.22. The maximum atomic E-state index is 12.7. The summed E-state index contributed by atoms with van der Waals surface area (Å²) in [5.41, 5.74) is 3.77. The van der Waals surface area contributed by atoms with Gasteiger partial charge in [-0.15, -0.1) is 0 Å². The van der Waals surface area contributed by atoms with E-state index in [0.29, 0.717) is 0 Å². The molecule has 10 heteroatoms. The Balaban J connectivity index is 0.00000264. The molecule has 0 unspecified atom stereocenters. The van der Waals surface area contributed by atoms with Crippen LogP contribution in [0, 0.1) is 0 Å². The van der Waals surface area contributed by atoms with Crippen LogP contribution in [0.4, 0.5) is 13.2 Å². The highest BCUT2D eigenvalue weighted by atomic mass is 35.5. The zero-order valence-electron chi connectivity index (χ0n) is 11.8. The first-order valence-corrected chi connectivity index (χ1v) is 5.98. The summed E-state index contributed by atoms with van der Waals surface area (Å²) in [5.74, 6) is -0.189. The molecule has 1 aromatic heterocycles. The molecule has 2 rings (SSSR count). The van der Waals surface area contributed by atoms with Gasteiger partial charge in [-0.1, -0.05) is 6.07 Å². The third-order valence-corrected chi connectivity index (χ3v) is 2.81. The SMILES string of the molecule is COc1cc(=O)n(-c2cccc(C(F)(F)F)c2)nc1C(N)=[NH2+].[Cl-]. The lowest BCUT2D eigenvalue weighted by Gasteiger charge is -2.11.